The highest BCUT2D eigenvalue weighted by molar-refractivity contribution is 5.42. The van der Waals surface area contributed by atoms with Gasteiger partial charge in [0.2, 0.25) is 0 Å². The molecule has 0 atom stereocenters. The highest BCUT2D eigenvalue weighted by atomic mass is 15.5. The van der Waals surface area contributed by atoms with Crippen LogP contribution in [0.15, 0.2) is 12.4 Å². The Kier molecular flexibility index (Phi) is 0.798. The Morgan fingerprint density at radius 3 is 3.56 bits per heavy atom. The van der Waals surface area contributed by atoms with Gasteiger partial charge in [0.05, 0.1) is 0 Å². The lowest BCUT2D eigenvalue weighted by atomic mass is 10.4. The first-order valence-electron chi connectivity index (χ1n) is 2.77. The molecule has 0 fully saturated rings. The zero-order valence-corrected chi connectivity index (χ0v) is 4.78. The van der Waals surface area contributed by atoms with Crippen LogP contribution in [0.5, 0.6) is 0 Å². The predicted molar refractivity (Wildman–Crippen MR) is 33.3 cm³/mol. The van der Waals surface area contributed by atoms with E-state index in [0.29, 0.717) is 0 Å². The molecule has 1 N–H and O–H groups in total. The molecule has 46 valence electrons. The van der Waals surface area contributed by atoms with Crippen LogP contribution in [-0.2, 0) is 0 Å². The van der Waals surface area contributed by atoms with Crippen molar-refractivity contribution in [2.75, 3.05) is 12.0 Å². The first-order valence-corrected chi connectivity index (χ1v) is 2.77. The highest BCUT2D eigenvalue weighted by Crippen LogP contribution is 1.98. The number of nitrogens with zero attached hydrogens (tertiary/aromatic N) is 3. The third-order valence-electron chi connectivity index (χ3n) is 1.22. The van der Waals surface area contributed by atoms with Gasteiger partial charge in [0.25, 0.3) is 0 Å². The zero-order chi connectivity index (χ0) is 6.10. The van der Waals surface area contributed by atoms with Gasteiger partial charge in [0.1, 0.15) is 6.33 Å². The van der Waals surface area contributed by atoms with Crippen molar-refractivity contribution in [1.82, 2.24) is 14.9 Å². The number of hydrogen-bond acceptors (Lipinski definition) is 3. The standard InChI is InChI=1S/C5H6N4/c1-2-5-8-6-4-9(5)7-3-1/h1-2,4,7H,3H2. The molecule has 0 saturated carbocycles. The highest BCUT2D eigenvalue weighted by Gasteiger charge is 2.00. The number of aromatic nitrogens is 3. The summed E-state index contributed by atoms with van der Waals surface area (Å²) in [6.07, 6.45) is 5.59. The zero-order valence-electron chi connectivity index (χ0n) is 4.78. The van der Waals surface area contributed by atoms with Crippen LogP contribution < -0.4 is 5.43 Å². The molecule has 4 nitrogen and oxygen atoms in total. The minimum Gasteiger partial charge on any atom is -0.319 e. The minimum atomic E-state index is 0.852. The fourth-order valence-electron chi connectivity index (χ4n) is 0.795. The van der Waals surface area contributed by atoms with Gasteiger partial charge in [-0.1, -0.05) is 6.08 Å². The molecule has 2 rings (SSSR count). The maximum absolute atomic E-state index is 3.82. The van der Waals surface area contributed by atoms with E-state index in [1.165, 1.54) is 0 Å². The van der Waals surface area contributed by atoms with Gasteiger partial charge >= 0.3 is 0 Å². The number of rotatable bonds is 0. The van der Waals surface area contributed by atoms with Crippen molar-refractivity contribution in [1.29, 1.82) is 0 Å². The van der Waals surface area contributed by atoms with E-state index < -0.39 is 0 Å². The summed E-state index contributed by atoms with van der Waals surface area (Å²) in [5.74, 6) is 0.862. The molecule has 0 aromatic carbocycles. The normalized spacial score (nSPS) is 14.7. The fourth-order valence-corrected chi connectivity index (χ4v) is 0.795. The Balaban J connectivity index is 2.53. The maximum Gasteiger partial charge on any atom is 0.174 e. The summed E-state index contributed by atoms with van der Waals surface area (Å²) in [7, 11) is 0. The molecule has 9 heavy (non-hydrogen) atoms. The van der Waals surface area contributed by atoms with Crippen LogP contribution in [0.4, 0.5) is 0 Å². The second-order valence-corrected chi connectivity index (χ2v) is 1.82. The van der Waals surface area contributed by atoms with E-state index in [0.717, 1.165) is 12.4 Å². The van der Waals surface area contributed by atoms with Crippen molar-refractivity contribution in [2.45, 2.75) is 0 Å². The third-order valence-corrected chi connectivity index (χ3v) is 1.22. The summed E-state index contributed by atoms with van der Waals surface area (Å²) < 4.78 is 1.79. The molecule has 0 amide bonds. The number of hydrogen-bond donors (Lipinski definition) is 1. The fraction of sp³-hybridized carbons (Fsp3) is 0.200. The van der Waals surface area contributed by atoms with Crippen LogP contribution in [0, 0.1) is 0 Å². The lowest BCUT2D eigenvalue weighted by Gasteiger charge is -2.08. The minimum absolute atomic E-state index is 0.852. The molecular formula is C5H6N4. The molecule has 4 heteroatoms. The molecule has 2 heterocycles. The maximum atomic E-state index is 3.82. The van der Waals surface area contributed by atoms with Gasteiger partial charge in [-0.25, -0.2) is 4.68 Å². The van der Waals surface area contributed by atoms with Gasteiger partial charge < -0.3 is 5.43 Å². The van der Waals surface area contributed by atoms with Gasteiger partial charge in [0, 0.05) is 6.54 Å². The van der Waals surface area contributed by atoms with E-state index in [4.69, 9.17) is 0 Å². The molecular weight excluding hydrogens is 116 g/mol. The first kappa shape index (κ1) is 4.55. The van der Waals surface area contributed by atoms with Crippen molar-refractivity contribution >= 4 is 6.08 Å². The summed E-state index contributed by atoms with van der Waals surface area (Å²) in [5.41, 5.74) is 3.05. The van der Waals surface area contributed by atoms with Gasteiger partial charge in [-0.05, 0) is 6.08 Å². The average molecular weight is 122 g/mol. The van der Waals surface area contributed by atoms with E-state index in [2.05, 4.69) is 15.6 Å². The predicted octanol–water partition coefficient (Wildman–Crippen LogP) is -0.152. The first-order chi connectivity index (χ1) is 4.47. The lowest BCUT2D eigenvalue weighted by Crippen LogP contribution is -2.18. The smallest absolute Gasteiger partial charge is 0.174 e. The quantitative estimate of drug-likeness (QED) is 0.520. The molecule has 1 aromatic rings. The Morgan fingerprint density at radius 1 is 1.67 bits per heavy atom. The van der Waals surface area contributed by atoms with Gasteiger partial charge in [0.15, 0.2) is 5.82 Å². The van der Waals surface area contributed by atoms with Crippen molar-refractivity contribution < 1.29 is 0 Å². The summed E-state index contributed by atoms with van der Waals surface area (Å²) in [6, 6.07) is 0. The Hall–Kier alpha value is -1.32. The van der Waals surface area contributed by atoms with Gasteiger partial charge in [-0.15, -0.1) is 10.2 Å². The largest absolute Gasteiger partial charge is 0.319 e. The molecule has 0 radical (unpaired) electrons. The molecule has 1 aliphatic heterocycles. The molecule has 0 spiro atoms. The van der Waals surface area contributed by atoms with Crippen LogP contribution in [0.2, 0.25) is 0 Å². The van der Waals surface area contributed by atoms with Crippen molar-refractivity contribution in [2.24, 2.45) is 0 Å². The average Bonchev–Trinajstić information content (AvgIpc) is 2.33. The van der Waals surface area contributed by atoms with Crippen molar-refractivity contribution in [3.05, 3.63) is 18.2 Å². The monoisotopic (exact) mass is 122 g/mol. The van der Waals surface area contributed by atoms with E-state index in [1.807, 2.05) is 12.2 Å². The van der Waals surface area contributed by atoms with Crippen molar-refractivity contribution in [3.8, 4) is 0 Å². The molecule has 0 unspecified atom stereocenters. The second kappa shape index (κ2) is 1.58. The van der Waals surface area contributed by atoms with Gasteiger partial charge in [-0.2, -0.15) is 0 Å². The summed E-state index contributed by atoms with van der Waals surface area (Å²) >= 11 is 0. The SMILES string of the molecule is C1=Cc2nncn2NC1. The van der Waals surface area contributed by atoms with Crippen LogP contribution >= 0.6 is 0 Å². The van der Waals surface area contributed by atoms with Gasteiger partial charge in [-0.3, -0.25) is 0 Å². The molecule has 0 bridgehead atoms. The van der Waals surface area contributed by atoms with Crippen LogP contribution in [0.1, 0.15) is 5.82 Å². The Morgan fingerprint density at radius 2 is 2.67 bits per heavy atom. The van der Waals surface area contributed by atoms with E-state index in [-0.39, 0.29) is 0 Å². The molecule has 0 aliphatic carbocycles. The molecule has 1 aromatic heterocycles. The summed E-state index contributed by atoms with van der Waals surface area (Å²) in [6.45, 7) is 0.852. The van der Waals surface area contributed by atoms with Crippen LogP contribution in [0.25, 0.3) is 6.08 Å². The third kappa shape index (κ3) is 0.595. The number of fused-ring (bicyclic) bond motifs is 1. The molecule has 1 aliphatic rings. The Bertz CT molecular complexity index is 237. The van der Waals surface area contributed by atoms with E-state index >= 15 is 0 Å². The molecule has 0 saturated heterocycles. The Labute approximate surface area is 52.2 Å². The van der Waals surface area contributed by atoms with Crippen LogP contribution in [0.3, 0.4) is 0 Å². The summed E-state index contributed by atoms with van der Waals surface area (Å²) in [4.78, 5) is 0. The van der Waals surface area contributed by atoms with Crippen LogP contribution in [-0.4, -0.2) is 21.4 Å². The second-order valence-electron chi connectivity index (χ2n) is 1.82. The summed E-state index contributed by atoms with van der Waals surface area (Å²) in [5, 5.41) is 7.52. The number of nitrogens with one attached hydrogen (secondary N) is 1. The topological polar surface area (TPSA) is 42.7 Å². The van der Waals surface area contributed by atoms with E-state index in [9.17, 15) is 0 Å². The van der Waals surface area contributed by atoms with Crippen molar-refractivity contribution in [3.63, 3.8) is 0 Å². The van der Waals surface area contributed by atoms with E-state index in [1.54, 1.807) is 11.0 Å². The lowest BCUT2D eigenvalue weighted by molar-refractivity contribution is 0.859.